The first-order chi connectivity index (χ1) is 25.3. The second-order valence-electron chi connectivity index (χ2n) is 13.3. The van der Waals surface area contributed by atoms with Crippen LogP contribution >= 0.6 is 0 Å². The molecule has 0 saturated heterocycles. The molecule has 238 valence electrons. The Morgan fingerprint density at radius 2 is 0.843 bits per heavy atom. The molecule has 0 spiro atoms. The van der Waals surface area contributed by atoms with Crippen LogP contribution in [0.15, 0.2) is 185 Å². The quantitative estimate of drug-likeness (QED) is 0.177. The zero-order valence-electron chi connectivity index (χ0n) is 27.5. The molecular formula is C48H29NO2. The van der Waals surface area contributed by atoms with Gasteiger partial charge in [-0.05, 0) is 81.0 Å². The summed E-state index contributed by atoms with van der Waals surface area (Å²) < 4.78 is 12.8. The minimum atomic E-state index is 0.853. The molecule has 2 aromatic heterocycles. The van der Waals surface area contributed by atoms with Crippen molar-refractivity contribution in [1.29, 1.82) is 0 Å². The molecule has 0 N–H and O–H groups in total. The van der Waals surface area contributed by atoms with Gasteiger partial charge >= 0.3 is 0 Å². The summed E-state index contributed by atoms with van der Waals surface area (Å²) in [5.74, 6) is 0. The van der Waals surface area contributed by atoms with Crippen LogP contribution in [0.2, 0.25) is 0 Å². The highest BCUT2D eigenvalue weighted by atomic mass is 16.3. The van der Waals surface area contributed by atoms with E-state index in [0.29, 0.717) is 0 Å². The number of fused-ring (bicyclic) bond motifs is 10. The van der Waals surface area contributed by atoms with E-state index in [0.717, 1.165) is 66.5 Å². The van der Waals surface area contributed by atoms with Gasteiger partial charge in [-0.15, -0.1) is 0 Å². The molecule has 0 unspecified atom stereocenters. The predicted octanol–water partition coefficient (Wildman–Crippen LogP) is 14.1. The van der Waals surface area contributed by atoms with Crippen molar-refractivity contribution >= 4 is 93.3 Å². The summed E-state index contributed by atoms with van der Waals surface area (Å²) in [5, 5.41) is 11.6. The van der Waals surface area contributed by atoms with E-state index in [1.807, 2.05) is 24.3 Å². The van der Waals surface area contributed by atoms with Gasteiger partial charge in [0.25, 0.3) is 0 Å². The Kier molecular flexibility index (Phi) is 5.96. The standard InChI is InChI=1S/C48H29NO2/c1-2-12-31-27-32(22-21-30(31)11-1)47-40-17-5-3-13-35(40)36-14-4-6-18-41(36)48(47)49(33-24-26-45-42(28-33)38-16-8-10-20-44(38)50-45)34-23-25-39-37-15-7-9-19-43(37)51-46(39)29-34/h1-29H. The summed E-state index contributed by atoms with van der Waals surface area (Å²) in [4.78, 5) is 2.42. The molecule has 0 amide bonds. The van der Waals surface area contributed by atoms with Gasteiger partial charge in [-0.2, -0.15) is 0 Å². The lowest BCUT2D eigenvalue weighted by atomic mass is 9.89. The third-order valence-electron chi connectivity index (χ3n) is 10.4. The maximum Gasteiger partial charge on any atom is 0.137 e. The summed E-state index contributed by atoms with van der Waals surface area (Å²) in [7, 11) is 0. The lowest BCUT2D eigenvalue weighted by Gasteiger charge is -2.30. The van der Waals surface area contributed by atoms with Crippen LogP contribution < -0.4 is 4.90 Å². The zero-order valence-corrected chi connectivity index (χ0v) is 27.5. The zero-order chi connectivity index (χ0) is 33.5. The molecule has 0 aliphatic heterocycles. The van der Waals surface area contributed by atoms with Crippen LogP contribution in [-0.4, -0.2) is 0 Å². The van der Waals surface area contributed by atoms with E-state index in [2.05, 4.69) is 157 Å². The fraction of sp³-hybridized carbons (Fsp3) is 0. The Bertz CT molecular complexity index is 3160. The van der Waals surface area contributed by atoms with Gasteiger partial charge in [-0.1, -0.05) is 121 Å². The fourth-order valence-electron chi connectivity index (χ4n) is 8.11. The second-order valence-corrected chi connectivity index (χ2v) is 13.3. The molecule has 0 atom stereocenters. The van der Waals surface area contributed by atoms with Gasteiger partial charge in [-0.3, -0.25) is 0 Å². The van der Waals surface area contributed by atoms with Gasteiger partial charge in [0, 0.05) is 49.9 Å². The van der Waals surface area contributed by atoms with Crippen molar-refractivity contribution in [2.45, 2.75) is 0 Å². The highest BCUT2D eigenvalue weighted by Crippen LogP contribution is 2.51. The summed E-state index contributed by atoms with van der Waals surface area (Å²) in [6.07, 6.45) is 0. The van der Waals surface area contributed by atoms with Crippen LogP contribution in [-0.2, 0) is 0 Å². The maximum absolute atomic E-state index is 6.51. The van der Waals surface area contributed by atoms with E-state index in [-0.39, 0.29) is 0 Å². The van der Waals surface area contributed by atoms with E-state index in [4.69, 9.17) is 8.83 Å². The Balaban J connectivity index is 1.29. The van der Waals surface area contributed by atoms with E-state index >= 15 is 0 Å². The molecule has 3 nitrogen and oxygen atoms in total. The molecule has 0 fully saturated rings. The molecule has 0 bridgehead atoms. The lowest BCUT2D eigenvalue weighted by Crippen LogP contribution is -2.12. The van der Waals surface area contributed by atoms with Crippen molar-refractivity contribution in [3.63, 3.8) is 0 Å². The third-order valence-corrected chi connectivity index (χ3v) is 10.4. The summed E-state index contributed by atoms with van der Waals surface area (Å²) in [6.45, 7) is 0. The number of hydrogen-bond acceptors (Lipinski definition) is 3. The molecule has 2 heterocycles. The van der Waals surface area contributed by atoms with E-state index < -0.39 is 0 Å². The number of para-hydroxylation sites is 2. The number of nitrogens with zero attached hydrogens (tertiary/aromatic N) is 1. The average molecular weight is 652 g/mol. The summed E-state index contributed by atoms with van der Waals surface area (Å²) >= 11 is 0. The Morgan fingerprint density at radius 3 is 1.63 bits per heavy atom. The van der Waals surface area contributed by atoms with Crippen LogP contribution in [0.5, 0.6) is 0 Å². The van der Waals surface area contributed by atoms with Crippen LogP contribution in [0.1, 0.15) is 0 Å². The first kappa shape index (κ1) is 28.0. The molecule has 9 aromatic carbocycles. The Morgan fingerprint density at radius 1 is 0.314 bits per heavy atom. The first-order valence-corrected chi connectivity index (χ1v) is 17.3. The summed E-state index contributed by atoms with van der Waals surface area (Å²) in [5.41, 5.74) is 8.98. The molecule has 11 rings (SSSR count). The van der Waals surface area contributed by atoms with Crippen molar-refractivity contribution in [2.75, 3.05) is 4.90 Å². The van der Waals surface area contributed by atoms with E-state index in [9.17, 15) is 0 Å². The topological polar surface area (TPSA) is 29.5 Å². The molecule has 0 saturated carbocycles. The maximum atomic E-state index is 6.51. The Labute approximate surface area is 293 Å². The van der Waals surface area contributed by atoms with Crippen molar-refractivity contribution in [3.05, 3.63) is 176 Å². The molecule has 11 aromatic rings. The second kappa shape index (κ2) is 10.8. The van der Waals surface area contributed by atoms with Gasteiger partial charge in [0.1, 0.15) is 22.3 Å². The molecule has 51 heavy (non-hydrogen) atoms. The van der Waals surface area contributed by atoms with Crippen molar-refractivity contribution in [1.82, 2.24) is 0 Å². The number of hydrogen-bond donors (Lipinski definition) is 0. The largest absolute Gasteiger partial charge is 0.456 e. The molecule has 0 radical (unpaired) electrons. The molecule has 3 heteroatoms. The predicted molar refractivity (Wildman–Crippen MR) is 214 cm³/mol. The third kappa shape index (κ3) is 4.25. The summed E-state index contributed by atoms with van der Waals surface area (Å²) in [6, 6.07) is 62.8. The van der Waals surface area contributed by atoms with Gasteiger partial charge in [0.05, 0.1) is 5.69 Å². The Hall–Kier alpha value is -6.84. The van der Waals surface area contributed by atoms with Crippen LogP contribution in [0.25, 0.3) is 87.3 Å². The molecule has 0 aliphatic rings. The van der Waals surface area contributed by atoms with E-state index in [1.165, 1.54) is 37.9 Å². The first-order valence-electron chi connectivity index (χ1n) is 17.3. The lowest BCUT2D eigenvalue weighted by molar-refractivity contribution is 0.668. The minimum Gasteiger partial charge on any atom is -0.456 e. The molecule has 0 aliphatic carbocycles. The van der Waals surface area contributed by atoms with Crippen molar-refractivity contribution in [2.24, 2.45) is 0 Å². The van der Waals surface area contributed by atoms with Crippen molar-refractivity contribution in [3.8, 4) is 11.1 Å². The van der Waals surface area contributed by atoms with Gasteiger partial charge < -0.3 is 13.7 Å². The number of anilines is 3. The average Bonchev–Trinajstić information content (AvgIpc) is 3.75. The number of rotatable bonds is 4. The van der Waals surface area contributed by atoms with Gasteiger partial charge in [-0.25, -0.2) is 0 Å². The molecular weight excluding hydrogens is 623 g/mol. The normalized spacial score (nSPS) is 11.9. The number of furan rings is 2. The minimum absolute atomic E-state index is 0.853. The van der Waals surface area contributed by atoms with Crippen LogP contribution in [0, 0.1) is 0 Å². The van der Waals surface area contributed by atoms with Gasteiger partial charge in [0.15, 0.2) is 0 Å². The van der Waals surface area contributed by atoms with Crippen molar-refractivity contribution < 1.29 is 8.83 Å². The number of benzene rings is 9. The SMILES string of the molecule is c1ccc2cc(-c3c(N(c4ccc5c(c4)oc4ccccc45)c4ccc5oc6ccccc6c5c4)c4ccccc4c4ccccc34)ccc2c1. The monoisotopic (exact) mass is 651 g/mol. The highest BCUT2D eigenvalue weighted by molar-refractivity contribution is 6.23. The van der Waals surface area contributed by atoms with Crippen LogP contribution in [0.3, 0.4) is 0 Å². The van der Waals surface area contributed by atoms with Gasteiger partial charge in [0.2, 0.25) is 0 Å². The smallest absolute Gasteiger partial charge is 0.137 e. The fourth-order valence-corrected chi connectivity index (χ4v) is 8.11. The van der Waals surface area contributed by atoms with E-state index in [1.54, 1.807) is 0 Å². The highest BCUT2D eigenvalue weighted by Gasteiger charge is 2.25. The van der Waals surface area contributed by atoms with Crippen LogP contribution in [0.4, 0.5) is 17.1 Å².